The Morgan fingerprint density at radius 2 is 2.07 bits per heavy atom. The summed E-state index contributed by atoms with van der Waals surface area (Å²) in [6, 6.07) is 7.46. The van der Waals surface area contributed by atoms with Crippen LogP contribution in [0.2, 0.25) is 0 Å². The molecule has 0 saturated heterocycles. The molecule has 0 aliphatic rings. The maximum Gasteiger partial charge on any atom is 0.332 e. The molecule has 0 amide bonds. The number of benzene rings is 1. The number of anilines is 1. The molecule has 0 radical (unpaired) electrons. The second-order valence-electron chi connectivity index (χ2n) is 6.48. The molecule has 1 unspecified atom stereocenters. The van der Waals surface area contributed by atoms with E-state index in [2.05, 4.69) is 15.0 Å². The summed E-state index contributed by atoms with van der Waals surface area (Å²) >= 11 is 5.43. The lowest BCUT2D eigenvalue weighted by atomic mass is 10.1. The molecule has 0 fully saturated rings. The van der Waals surface area contributed by atoms with Gasteiger partial charge in [0.05, 0.1) is 25.9 Å². The van der Waals surface area contributed by atoms with Gasteiger partial charge in [-0.1, -0.05) is 24.3 Å². The molecular weight excluding hydrogens is 429 g/mol. The Labute approximate surface area is 178 Å². The fourth-order valence-electron chi connectivity index (χ4n) is 2.95. The fraction of sp³-hybridized carbons (Fsp3) is 0.389. The summed E-state index contributed by atoms with van der Waals surface area (Å²) in [5.74, 6) is 0.226. The Morgan fingerprint density at radius 1 is 1.30 bits per heavy atom. The van der Waals surface area contributed by atoms with Crippen LogP contribution in [0, 0.1) is 4.77 Å². The molecular formula is C18H24N5O5PS. The zero-order valence-electron chi connectivity index (χ0n) is 16.7. The lowest BCUT2D eigenvalue weighted by Crippen LogP contribution is -2.09. The number of nitrogens with zero attached hydrogens (tertiary/aromatic N) is 3. The molecule has 2 heterocycles. The van der Waals surface area contributed by atoms with Crippen molar-refractivity contribution in [3.05, 3.63) is 40.2 Å². The van der Waals surface area contributed by atoms with E-state index in [-0.39, 0.29) is 31.2 Å². The van der Waals surface area contributed by atoms with Gasteiger partial charge in [-0.15, -0.1) is 0 Å². The zero-order chi connectivity index (χ0) is 21.7. The third-order valence-electron chi connectivity index (χ3n) is 4.19. The Bertz CT molecular complexity index is 1130. The molecule has 162 valence electrons. The minimum atomic E-state index is -3.68. The van der Waals surface area contributed by atoms with Gasteiger partial charge in [0.2, 0.25) is 0 Å². The molecule has 1 aromatic carbocycles. The van der Waals surface area contributed by atoms with Gasteiger partial charge in [-0.25, -0.2) is 0 Å². The van der Waals surface area contributed by atoms with Crippen LogP contribution in [-0.4, -0.2) is 51.3 Å². The van der Waals surface area contributed by atoms with E-state index in [1.54, 1.807) is 24.7 Å². The molecule has 3 rings (SSSR count). The van der Waals surface area contributed by atoms with E-state index in [1.165, 1.54) is 0 Å². The number of ether oxygens (including phenoxy) is 2. The van der Waals surface area contributed by atoms with Crippen molar-refractivity contribution in [1.82, 2.24) is 19.5 Å². The van der Waals surface area contributed by atoms with Crippen molar-refractivity contribution in [2.45, 2.75) is 19.6 Å². The first kappa shape index (κ1) is 22.4. The summed E-state index contributed by atoms with van der Waals surface area (Å²) in [5.41, 5.74) is 8.63. The van der Waals surface area contributed by atoms with Crippen molar-refractivity contribution in [3.63, 3.8) is 0 Å². The fourth-order valence-corrected chi connectivity index (χ4v) is 4.35. The summed E-state index contributed by atoms with van der Waals surface area (Å²) in [4.78, 5) is 21.5. The number of hydrogen-bond acceptors (Lipinski definition) is 8. The normalized spacial score (nSPS) is 13.4. The smallest absolute Gasteiger partial charge is 0.332 e. The van der Waals surface area contributed by atoms with Crippen LogP contribution in [0.1, 0.15) is 18.1 Å². The molecule has 1 atom stereocenters. The van der Waals surface area contributed by atoms with Gasteiger partial charge in [0.15, 0.2) is 16.2 Å². The lowest BCUT2D eigenvalue weighted by molar-refractivity contribution is 0.141. The molecule has 0 aliphatic heterocycles. The number of nitrogens with one attached hydrogen (secondary N) is 1. The van der Waals surface area contributed by atoms with Crippen molar-refractivity contribution < 1.29 is 23.5 Å². The molecule has 0 bridgehead atoms. The van der Waals surface area contributed by atoms with Crippen LogP contribution in [0.3, 0.4) is 0 Å². The van der Waals surface area contributed by atoms with Gasteiger partial charge in [0.25, 0.3) is 0 Å². The minimum absolute atomic E-state index is 0.0689. The zero-order valence-corrected chi connectivity index (χ0v) is 18.4. The summed E-state index contributed by atoms with van der Waals surface area (Å²) in [5, 5.41) is 0. The first-order valence-electron chi connectivity index (χ1n) is 9.25. The quantitative estimate of drug-likeness (QED) is 0.240. The Morgan fingerprint density at radius 3 is 2.80 bits per heavy atom. The highest BCUT2D eigenvalue weighted by Gasteiger charge is 2.19. The van der Waals surface area contributed by atoms with Gasteiger partial charge >= 0.3 is 13.6 Å². The minimum Gasteiger partial charge on any atom is -0.461 e. The van der Waals surface area contributed by atoms with Gasteiger partial charge in [0.1, 0.15) is 12.1 Å². The second-order valence-corrected chi connectivity index (χ2v) is 8.72. The summed E-state index contributed by atoms with van der Waals surface area (Å²) in [6.07, 6.45) is -0.0689. The highest BCUT2D eigenvalue weighted by Crippen LogP contribution is 2.45. The maximum atomic E-state index is 12.1. The van der Waals surface area contributed by atoms with Gasteiger partial charge in [0, 0.05) is 7.11 Å². The summed E-state index contributed by atoms with van der Waals surface area (Å²) < 4.78 is 29.7. The number of aromatic amines is 1. The molecule has 0 spiro atoms. The van der Waals surface area contributed by atoms with Crippen LogP contribution in [0.15, 0.2) is 24.3 Å². The molecule has 30 heavy (non-hydrogen) atoms. The van der Waals surface area contributed by atoms with Crippen molar-refractivity contribution in [1.29, 1.82) is 0 Å². The van der Waals surface area contributed by atoms with Crippen molar-refractivity contribution >= 4 is 36.8 Å². The number of rotatable bonds is 10. The van der Waals surface area contributed by atoms with E-state index in [4.69, 9.17) is 31.9 Å². The number of fused-ring (bicyclic) bond motifs is 1. The van der Waals surface area contributed by atoms with E-state index in [0.717, 1.165) is 5.56 Å². The lowest BCUT2D eigenvalue weighted by Gasteiger charge is -2.12. The number of aromatic nitrogens is 4. The Hall–Kier alpha value is -2.30. The number of nitrogens with two attached hydrogens (primary N) is 1. The molecule has 0 aliphatic carbocycles. The Balaban J connectivity index is 1.90. The number of methoxy groups -OCH3 is 1. The summed E-state index contributed by atoms with van der Waals surface area (Å²) in [6.45, 7) is 2.91. The van der Waals surface area contributed by atoms with E-state index in [0.29, 0.717) is 34.7 Å². The SMILES string of the molecule is CCOP(=O)(O)Cc1cccc(Cn2c(=S)[nH]c3c(N)nc(OCCOC)nc32)c1. The third-order valence-corrected chi connectivity index (χ3v) is 5.94. The maximum absolute atomic E-state index is 12.1. The van der Waals surface area contributed by atoms with E-state index in [9.17, 15) is 9.46 Å². The van der Waals surface area contributed by atoms with Crippen LogP contribution in [0.5, 0.6) is 6.01 Å². The molecule has 2 aromatic heterocycles. The van der Waals surface area contributed by atoms with Gasteiger partial charge < -0.3 is 29.6 Å². The van der Waals surface area contributed by atoms with Gasteiger partial charge in [-0.05, 0) is 30.3 Å². The monoisotopic (exact) mass is 453 g/mol. The average molecular weight is 453 g/mol. The standard InChI is InChI=1S/C18H24N5O5PS/c1-3-28-29(24,25)11-13-6-4-5-12(9-13)10-23-16-14(20-18(23)30)15(19)21-17(22-16)27-8-7-26-2/h4-6,9H,3,7-8,10-11H2,1-2H3,(H,20,30)(H,24,25)(H2,19,21,22). The largest absolute Gasteiger partial charge is 0.461 e. The van der Waals surface area contributed by atoms with Crippen LogP contribution >= 0.6 is 19.8 Å². The highest BCUT2D eigenvalue weighted by atomic mass is 32.1. The van der Waals surface area contributed by atoms with E-state index in [1.807, 2.05) is 18.2 Å². The van der Waals surface area contributed by atoms with E-state index >= 15 is 0 Å². The molecule has 0 saturated carbocycles. The summed E-state index contributed by atoms with van der Waals surface area (Å²) in [7, 11) is -2.10. The Kier molecular flexibility index (Phi) is 7.22. The predicted molar refractivity (Wildman–Crippen MR) is 115 cm³/mol. The van der Waals surface area contributed by atoms with Crippen molar-refractivity contribution in [3.8, 4) is 6.01 Å². The molecule has 3 aromatic rings. The second kappa shape index (κ2) is 9.67. The third kappa shape index (κ3) is 5.44. The van der Waals surface area contributed by atoms with Crippen LogP contribution in [0.25, 0.3) is 11.2 Å². The van der Waals surface area contributed by atoms with Crippen LogP contribution < -0.4 is 10.5 Å². The first-order chi connectivity index (χ1) is 14.3. The van der Waals surface area contributed by atoms with Gasteiger partial charge in [-0.3, -0.25) is 9.13 Å². The predicted octanol–water partition coefficient (Wildman–Crippen LogP) is 2.87. The first-order valence-corrected chi connectivity index (χ1v) is 11.4. The van der Waals surface area contributed by atoms with Crippen LogP contribution in [0.4, 0.5) is 5.82 Å². The van der Waals surface area contributed by atoms with Gasteiger partial charge in [-0.2, -0.15) is 9.97 Å². The number of imidazole rings is 1. The molecule has 12 heteroatoms. The van der Waals surface area contributed by atoms with E-state index < -0.39 is 7.60 Å². The van der Waals surface area contributed by atoms with Crippen molar-refractivity contribution in [2.75, 3.05) is 32.7 Å². The average Bonchev–Trinajstić information content (AvgIpc) is 2.98. The molecule has 10 nitrogen and oxygen atoms in total. The van der Waals surface area contributed by atoms with Crippen LogP contribution in [-0.2, 0) is 26.5 Å². The number of hydrogen-bond donors (Lipinski definition) is 3. The van der Waals surface area contributed by atoms with Crippen molar-refractivity contribution in [2.24, 2.45) is 0 Å². The molecule has 4 N–H and O–H groups in total. The number of H-pyrrole nitrogens is 1. The highest BCUT2D eigenvalue weighted by molar-refractivity contribution is 7.71. The number of nitrogen functional groups attached to an aromatic ring is 1. The topological polar surface area (TPSA) is 138 Å².